The number of carbonyl (C=O) groups is 2. The van der Waals surface area contributed by atoms with E-state index < -0.39 is 11.9 Å². The van der Waals surface area contributed by atoms with Crippen LogP contribution in [0.2, 0.25) is 5.02 Å². The molecule has 2 rings (SSSR count). The minimum absolute atomic E-state index is 0.106. The van der Waals surface area contributed by atoms with Crippen LogP contribution in [0.15, 0.2) is 42.5 Å². The Morgan fingerprint density at radius 3 is 2.45 bits per heavy atom. The van der Waals surface area contributed by atoms with E-state index in [1.807, 2.05) is 45.0 Å². The summed E-state index contributed by atoms with van der Waals surface area (Å²) in [6.07, 6.45) is 0.482. The van der Waals surface area contributed by atoms with Crippen LogP contribution in [0.5, 0.6) is 5.75 Å². The van der Waals surface area contributed by atoms with Crippen molar-refractivity contribution in [3.8, 4) is 5.75 Å². The monoisotopic (exact) mass is 494 g/mol. The van der Waals surface area contributed by atoms with Crippen molar-refractivity contribution in [1.82, 2.24) is 10.2 Å². The maximum atomic E-state index is 14.1. The number of benzene rings is 2. The zero-order valence-corrected chi connectivity index (χ0v) is 21.1. The van der Waals surface area contributed by atoms with Crippen LogP contribution in [0.3, 0.4) is 0 Å². The van der Waals surface area contributed by atoms with E-state index in [0.29, 0.717) is 29.5 Å². The van der Waals surface area contributed by atoms with Gasteiger partial charge in [0.1, 0.15) is 17.6 Å². The van der Waals surface area contributed by atoms with E-state index in [4.69, 9.17) is 16.3 Å². The molecule has 1 N–H and O–H groups in total. The van der Waals surface area contributed by atoms with Crippen LogP contribution >= 0.6 is 23.4 Å². The third-order valence-electron chi connectivity index (χ3n) is 5.12. The molecule has 8 heteroatoms. The van der Waals surface area contributed by atoms with Crippen LogP contribution in [0.1, 0.15) is 38.3 Å². The Kier molecular flexibility index (Phi) is 11.0. The van der Waals surface area contributed by atoms with Gasteiger partial charge in [-0.3, -0.25) is 9.59 Å². The number of carbonyl (C=O) groups excluding carboxylic acids is 2. The van der Waals surface area contributed by atoms with Gasteiger partial charge in [0.25, 0.3) is 0 Å². The highest BCUT2D eigenvalue weighted by Crippen LogP contribution is 2.25. The highest BCUT2D eigenvalue weighted by atomic mass is 35.5. The number of nitrogens with one attached hydrogen (secondary N) is 1. The lowest BCUT2D eigenvalue weighted by Crippen LogP contribution is -2.50. The van der Waals surface area contributed by atoms with Crippen molar-refractivity contribution in [2.24, 2.45) is 5.92 Å². The van der Waals surface area contributed by atoms with E-state index in [2.05, 4.69) is 5.32 Å². The highest BCUT2D eigenvalue weighted by Gasteiger charge is 2.28. The van der Waals surface area contributed by atoms with Crippen LogP contribution in [-0.4, -0.2) is 42.2 Å². The summed E-state index contributed by atoms with van der Waals surface area (Å²) in [6, 6.07) is 11.3. The van der Waals surface area contributed by atoms with Crippen molar-refractivity contribution in [2.75, 3.05) is 19.4 Å². The Bertz CT molecular complexity index is 904. The Hall–Kier alpha value is -2.25. The van der Waals surface area contributed by atoms with Crippen molar-refractivity contribution < 1.29 is 18.7 Å². The first kappa shape index (κ1) is 27.0. The molecule has 0 unspecified atom stereocenters. The van der Waals surface area contributed by atoms with Crippen molar-refractivity contribution in [3.05, 3.63) is 64.4 Å². The maximum absolute atomic E-state index is 14.1. The molecule has 0 spiro atoms. The standard InChI is InChI=1S/C25H32ClFN2O3S/c1-5-23(25(31)28-13-17(2)3)29(14-18-9-11-19(32-4)12-10-18)24(30)16-33-15-20-21(26)7-6-8-22(20)27/h6-12,17,23H,5,13-16H2,1-4H3,(H,28,31)/t23-/m1/s1. The Morgan fingerprint density at radius 1 is 1.18 bits per heavy atom. The number of halogens is 2. The summed E-state index contributed by atoms with van der Waals surface area (Å²) >= 11 is 7.38. The lowest BCUT2D eigenvalue weighted by atomic mass is 10.1. The van der Waals surface area contributed by atoms with Crippen LogP contribution in [0, 0.1) is 11.7 Å². The molecular formula is C25H32ClFN2O3S. The molecule has 0 radical (unpaired) electrons. The molecule has 0 saturated heterocycles. The largest absolute Gasteiger partial charge is 0.497 e. The van der Waals surface area contributed by atoms with E-state index in [-0.39, 0.29) is 29.9 Å². The van der Waals surface area contributed by atoms with E-state index in [9.17, 15) is 14.0 Å². The summed E-state index contributed by atoms with van der Waals surface area (Å²) in [5.41, 5.74) is 1.27. The zero-order chi connectivity index (χ0) is 24.4. The van der Waals surface area contributed by atoms with Crippen LogP contribution in [0.25, 0.3) is 0 Å². The molecule has 33 heavy (non-hydrogen) atoms. The summed E-state index contributed by atoms with van der Waals surface area (Å²) in [5, 5.41) is 3.28. The average molecular weight is 495 g/mol. The van der Waals surface area contributed by atoms with Gasteiger partial charge in [0.2, 0.25) is 11.8 Å². The number of rotatable bonds is 12. The molecule has 0 saturated carbocycles. The minimum atomic E-state index is -0.601. The molecule has 0 bridgehead atoms. The first-order valence-corrected chi connectivity index (χ1v) is 12.5. The van der Waals surface area contributed by atoms with Gasteiger partial charge < -0.3 is 15.0 Å². The van der Waals surface area contributed by atoms with E-state index in [1.54, 1.807) is 24.1 Å². The van der Waals surface area contributed by atoms with Gasteiger partial charge in [-0.2, -0.15) is 0 Å². The molecule has 0 aliphatic carbocycles. The van der Waals surface area contributed by atoms with Crippen molar-refractivity contribution >= 4 is 35.2 Å². The molecular weight excluding hydrogens is 463 g/mol. The molecule has 1 atom stereocenters. The topological polar surface area (TPSA) is 58.6 Å². The van der Waals surface area contributed by atoms with Gasteiger partial charge in [0.05, 0.1) is 12.9 Å². The smallest absolute Gasteiger partial charge is 0.242 e. The average Bonchev–Trinajstić information content (AvgIpc) is 2.79. The molecule has 5 nitrogen and oxygen atoms in total. The van der Waals surface area contributed by atoms with Crippen LogP contribution in [0.4, 0.5) is 4.39 Å². The normalized spacial score (nSPS) is 11.8. The maximum Gasteiger partial charge on any atom is 0.242 e. The zero-order valence-electron chi connectivity index (χ0n) is 19.6. The van der Waals surface area contributed by atoms with Crippen molar-refractivity contribution in [2.45, 2.75) is 45.5 Å². The third-order valence-corrected chi connectivity index (χ3v) is 6.41. The van der Waals surface area contributed by atoms with Crippen LogP contribution < -0.4 is 10.1 Å². The quantitative estimate of drug-likeness (QED) is 0.435. The minimum Gasteiger partial charge on any atom is -0.497 e. The molecule has 0 aromatic heterocycles. The second kappa shape index (κ2) is 13.5. The molecule has 0 fully saturated rings. The summed E-state index contributed by atoms with van der Waals surface area (Å²) in [7, 11) is 1.59. The SMILES string of the molecule is CC[C@H](C(=O)NCC(C)C)N(Cc1ccc(OC)cc1)C(=O)CSCc1c(F)cccc1Cl. The van der Waals surface area contributed by atoms with Crippen molar-refractivity contribution in [3.63, 3.8) is 0 Å². The van der Waals surface area contributed by atoms with Crippen LogP contribution in [-0.2, 0) is 21.9 Å². The van der Waals surface area contributed by atoms with Gasteiger partial charge in [-0.25, -0.2) is 4.39 Å². The molecule has 2 aromatic rings. The summed E-state index contributed by atoms with van der Waals surface area (Å²) in [5.74, 6) is 0.648. The Labute approximate surface area is 205 Å². The van der Waals surface area contributed by atoms with Gasteiger partial charge >= 0.3 is 0 Å². The van der Waals surface area contributed by atoms with Gasteiger partial charge in [-0.15, -0.1) is 11.8 Å². The molecule has 0 aliphatic rings. The fraction of sp³-hybridized carbons (Fsp3) is 0.440. The predicted molar refractivity (Wildman–Crippen MR) is 133 cm³/mol. The summed E-state index contributed by atoms with van der Waals surface area (Å²) < 4.78 is 19.3. The number of thioether (sulfide) groups is 1. The number of amides is 2. The number of ether oxygens (including phenoxy) is 1. The number of hydrogen-bond acceptors (Lipinski definition) is 4. The number of hydrogen-bond donors (Lipinski definition) is 1. The highest BCUT2D eigenvalue weighted by molar-refractivity contribution is 7.99. The predicted octanol–water partition coefficient (Wildman–Crippen LogP) is 5.30. The fourth-order valence-corrected chi connectivity index (χ4v) is 4.51. The molecule has 180 valence electrons. The second-order valence-electron chi connectivity index (χ2n) is 8.13. The molecule has 0 heterocycles. The number of methoxy groups -OCH3 is 1. The van der Waals surface area contributed by atoms with Gasteiger partial charge in [0.15, 0.2) is 0 Å². The lowest BCUT2D eigenvalue weighted by Gasteiger charge is -2.31. The molecule has 2 aromatic carbocycles. The van der Waals surface area contributed by atoms with E-state index in [0.717, 1.165) is 11.3 Å². The first-order valence-electron chi connectivity index (χ1n) is 11.0. The Morgan fingerprint density at radius 2 is 1.88 bits per heavy atom. The molecule has 2 amide bonds. The lowest BCUT2D eigenvalue weighted by molar-refractivity contribution is -0.139. The second-order valence-corrected chi connectivity index (χ2v) is 9.52. The van der Waals surface area contributed by atoms with E-state index >= 15 is 0 Å². The fourth-order valence-electron chi connectivity index (χ4n) is 3.26. The molecule has 0 aliphatic heterocycles. The summed E-state index contributed by atoms with van der Waals surface area (Å²) in [6.45, 7) is 6.76. The Balaban J connectivity index is 2.16. The van der Waals surface area contributed by atoms with E-state index in [1.165, 1.54) is 17.8 Å². The van der Waals surface area contributed by atoms with Crippen molar-refractivity contribution in [1.29, 1.82) is 0 Å². The van der Waals surface area contributed by atoms with Gasteiger partial charge in [-0.1, -0.05) is 50.6 Å². The first-order chi connectivity index (χ1) is 15.8. The summed E-state index contributed by atoms with van der Waals surface area (Å²) in [4.78, 5) is 27.8. The number of nitrogens with zero attached hydrogens (tertiary/aromatic N) is 1. The van der Waals surface area contributed by atoms with Gasteiger partial charge in [0, 0.05) is 29.4 Å². The third kappa shape index (κ3) is 8.23. The van der Waals surface area contributed by atoms with Gasteiger partial charge in [-0.05, 0) is 42.2 Å².